The van der Waals surface area contributed by atoms with Gasteiger partial charge in [-0.3, -0.25) is 9.59 Å². The number of nitrogens with zero attached hydrogens (tertiary/aromatic N) is 1. The summed E-state index contributed by atoms with van der Waals surface area (Å²) in [6, 6.07) is 7.58. The van der Waals surface area contributed by atoms with Crippen molar-refractivity contribution in [3.8, 4) is 5.75 Å². The van der Waals surface area contributed by atoms with Crippen LogP contribution >= 0.6 is 0 Å². The molecule has 0 unspecified atom stereocenters. The van der Waals surface area contributed by atoms with Gasteiger partial charge in [0.2, 0.25) is 11.8 Å². The Bertz CT molecular complexity index is 541. The molecular weight excluding hydrogens is 268 g/mol. The number of carbonyl (C=O) groups excluding carboxylic acids is 2. The van der Waals surface area contributed by atoms with E-state index < -0.39 is 0 Å². The van der Waals surface area contributed by atoms with Gasteiger partial charge in [0.05, 0.1) is 13.5 Å². The minimum absolute atomic E-state index is 0.112. The molecule has 5 nitrogen and oxygen atoms in total. The van der Waals surface area contributed by atoms with Crippen LogP contribution < -0.4 is 10.1 Å². The van der Waals surface area contributed by atoms with Crippen LogP contribution in [0.1, 0.15) is 12.0 Å². The van der Waals surface area contributed by atoms with Gasteiger partial charge in [0.15, 0.2) is 0 Å². The molecule has 21 heavy (non-hydrogen) atoms. The predicted octanol–water partition coefficient (Wildman–Crippen LogP) is 0.832. The standard InChI is InChI=1S/C16H20N2O3/c1-21-14-4-2-11(3-5-14)6-16(20)18-9-12-7-15(19)17-8-13(12)10-18/h2-5,12-13H,6-10H2,1H3,(H,17,19)/t12-,13+/m0/s1. The van der Waals surface area contributed by atoms with E-state index in [-0.39, 0.29) is 11.8 Å². The fourth-order valence-corrected chi connectivity index (χ4v) is 3.19. The number of nitrogens with one attached hydrogen (secondary N) is 1. The molecule has 2 aliphatic heterocycles. The van der Waals surface area contributed by atoms with E-state index in [4.69, 9.17) is 4.74 Å². The topological polar surface area (TPSA) is 58.6 Å². The minimum atomic E-state index is 0.112. The lowest BCUT2D eigenvalue weighted by atomic mass is 9.89. The zero-order valence-corrected chi connectivity index (χ0v) is 12.2. The fourth-order valence-electron chi connectivity index (χ4n) is 3.19. The molecule has 0 spiro atoms. The summed E-state index contributed by atoms with van der Waals surface area (Å²) < 4.78 is 5.11. The lowest BCUT2D eigenvalue weighted by molar-refractivity contribution is -0.130. The number of hydrogen-bond donors (Lipinski definition) is 1. The number of carbonyl (C=O) groups is 2. The van der Waals surface area contributed by atoms with Gasteiger partial charge in [0, 0.05) is 26.1 Å². The number of likely N-dealkylation sites (tertiary alicyclic amines) is 1. The minimum Gasteiger partial charge on any atom is -0.497 e. The summed E-state index contributed by atoms with van der Waals surface area (Å²) in [6.45, 7) is 2.18. The molecule has 2 aliphatic rings. The van der Waals surface area contributed by atoms with E-state index in [0.29, 0.717) is 37.8 Å². The third kappa shape index (κ3) is 3.01. The van der Waals surface area contributed by atoms with E-state index in [9.17, 15) is 9.59 Å². The van der Waals surface area contributed by atoms with Crippen molar-refractivity contribution < 1.29 is 14.3 Å². The first kappa shape index (κ1) is 13.9. The monoisotopic (exact) mass is 288 g/mol. The lowest BCUT2D eigenvalue weighted by Crippen LogP contribution is -2.40. The maximum absolute atomic E-state index is 12.4. The largest absolute Gasteiger partial charge is 0.497 e. The third-order valence-electron chi connectivity index (χ3n) is 4.45. The van der Waals surface area contributed by atoms with E-state index in [1.807, 2.05) is 29.2 Å². The summed E-state index contributed by atoms with van der Waals surface area (Å²) in [7, 11) is 1.63. The fraction of sp³-hybridized carbons (Fsp3) is 0.500. The van der Waals surface area contributed by atoms with Gasteiger partial charge in [-0.25, -0.2) is 0 Å². The smallest absolute Gasteiger partial charge is 0.227 e. The number of piperidine rings is 1. The molecule has 0 radical (unpaired) electrons. The molecule has 0 bridgehead atoms. The van der Waals surface area contributed by atoms with Crippen LogP contribution in [0.3, 0.4) is 0 Å². The highest BCUT2D eigenvalue weighted by Crippen LogP contribution is 2.29. The molecule has 1 aromatic carbocycles. The number of methoxy groups -OCH3 is 1. The summed E-state index contributed by atoms with van der Waals surface area (Å²) in [6.07, 6.45) is 0.960. The second kappa shape index (κ2) is 5.76. The molecule has 112 valence electrons. The quantitative estimate of drug-likeness (QED) is 0.896. The van der Waals surface area contributed by atoms with E-state index in [2.05, 4.69) is 5.32 Å². The van der Waals surface area contributed by atoms with E-state index >= 15 is 0 Å². The van der Waals surface area contributed by atoms with Crippen molar-refractivity contribution in [3.05, 3.63) is 29.8 Å². The van der Waals surface area contributed by atoms with Crippen LogP contribution in [0.4, 0.5) is 0 Å². The summed E-state index contributed by atoms with van der Waals surface area (Å²) in [5.74, 6) is 1.80. The number of rotatable bonds is 3. The van der Waals surface area contributed by atoms with Gasteiger partial charge < -0.3 is 15.0 Å². The Morgan fingerprint density at radius 1 is 1.29 bits per heavy atom. The van der Waals surface area contributed by atoms with Crippen molar-refractivity contribution in [1.29, 1.82) is 0 Å². The van der Waals surface area contributed by atoms with Crippen LogP contribution in [0.15, 0.2) is 24.3 Å². The number of ether oxygens (including phenoxy) is 1. The molecule has 0 aliphatic carbocycles. The van der Waals surface area contributed by atoms with Crippen molar-refractivity contribution in [2.24, 2.45) is 11.8 Å². The SMILES string of the molecule is COc1ccc(CC(=O)N2C[C@H]3CNC(=O)C[C@H]3C2)cc1. The van der Waals surface area contributed by atoms with Gasteiger partial charge in [-0.2, -0.15) is 0 Å². The van der Waals surface area contributed by atoms with Crippen LogP contribution in [0.25, 0.3) is 0 Å². The summed E-state index contributed by atoms with van der Waals surface area (Å²) in [5, 5.41) is 2.88. The first-order chi connectivity index (χ1) is 10.2. The summed E-state index contributed by atoms with van der Waals surface area (Å²) in [4.78, 5) is 25.7. The van der Waals surface area contributed by atoms with Gasteiger partial charge in [-0.1, -0.05) is 12.1 Å². The van der Waals surface area contributed by atoms with Gasteiger partial charge >= 0.3 is 0 Å². The Balaban J connectivity index is 1.59. The normalized spacial score (nSPS) is 24.4. The molecule has 1 N–H and O–H groups in total. The molecule has 2 heterocycles. The average Bonchev–Trinajstić information content (AvgIpc) is 2.91. The molecule has 0 aromatic heterocycles. The first-order valence-electron chi connectivity index (χ1n) is 7.33. The van der Waals surface area contributed by atoms with Gasteiger partial charge in [-0.15, -0.1) is 0 Å². The molecule has 2 amide bonds. The van der Waals surface area contributed by atoms with E-state index in [1.165, 1.54) is 0 Å². The van der Waals surface area contributed by atoms with Crippen LogP contribution in [0.2, 0.25) is 0 Å². The molecule has 3 rings (SSSR count). The van der Waals surface area contributed by atoms with E-state index in [1.54, 1.807) is 7.11 Å². The number of amides is 2. The van der Waals surface area contributed by atoms with Crippen LogP contribution in [0.5, 0.6) is 5.75 Å². The second-order valence-electron chi connectivity index (χ2n) is 5.85. The number of hydrogen-bond acceptors (Lipinski definition) is 3. The Labute approximate surface area is 124 Å². The van der Waals surface area contributed by atoms with Gasteiger partial charge in [0.25, 0.3) is 0 Å². The molecule has 2 saturated heterocycles. The van der Waals surface area contributed by atoms with Crippen LogP contribution in [-0.4, -0.2) is 43.5 Å². The predicted molar refractivity (Wildman–Crippen MR) is 77.9 cm³/mol. The zero-order chi connectivity index (χ0) is 14.8. The molecule has 1 aromatic rings. The lowest BCUT2D eigenvalue weighted by Gasteiger charge is -2.23. The van der Waals surface area contributed by atoms with Crippen molar-refractivity contribution >= 4 is 11.8 Å². The molecule has 0 saturated carbocycles. The van der Waals surface area contributed by atoms with Crippen molar-refractivity contribution in [2.75, 3.05) is 26.7 Å². The Hall–Kier alpha value is -2.04. The van der Waals surface area contributed by atoms with Crippen molar-refractivity contribution in [2.45, 2.75) is 12.8 Å². The highest BCUT2D eigenvalue weighted by molar-refractivity contribution is 5.80. The Morgan fingerprint density at radius 3 is 2.71 bits per heavy atom. The zero-order valence-electron chi connectivity index (χ0n) is 12.2. The average molecular weight is 288 g/mol. The number of fused-ring (bicyclic) bond motifs is 1. The Morgan fingerprint density at radius 2 is 2.00 bits per heavy atom. The molecule has 5 heteroatoms. The molecule has 2 atom stereocenters. The van der Waals surface area contributed by atoms with Crippen molar-refractivity contribution in [3.63, 3.8) is 0 Å². The van der Waals surface area contributed by atoms with Crippen LogP contribution in [0, 0.1) is 11.8 Å². The third-order valence-corrected chi connectivity index (χ3v) is 4.45. The highest BCUT2D eigenvalue weighted by Gasteiger charge is 2.38. The van der Waals surface area contributed by atoms with Crippen LogP contribution in [-0.2, 0) is 16.0 Å². The Kier molecular flexibility index (Phi) is 3.82. The second-order valence-corrected chi connectivity index (χ2v) is 5.85. The molecule has 2 fully saturated rings. The number of benzene rings is 1. The highest BCUT2D eigenvalue weighted by atomic mass is 16.5. The molecular formula is C16H20N2O3. The maximum Gasteiger partial charge on any atom is 0.227 e. The summed E-state index contributed by atoms with van der Waals surface area (Å²) >= 11 is 0. The van der Waals surface area contributed by atoms with Gasteiger partial charge in [-0.05, 0) is 29.5 Å². The van der Waals surface area contributed by atoms with E-state index in [0.717, 1.165) is 17.9 Å². The maximum atomic E-state index is 12.4. The first-order valence-corrected chi connectivity index (χ1v) is 7.33. The van der Waals surface area contributed by atoms with Gasteiger partial charge in [0.1, 0.15) is 5.75 Å². The summed E-state index contributed by atoms with van der Waals surface area (Å²) in [5.41, 5.74) is 0.991. The van der Waals surface area contributed by atoms with Crippen molar-refractivity contribution in [1.82, 2.24) is 10.2 Å².